The van der Waals surface area contributed by atoms with Gasteiger partial charge in [-0.25, -0.2) is 0 Å². The fourth-order valence-corrected chi connectivity index (χ4v) is 2.30. The number of allylic oxidation sites excluding steroid dienone is 1. The highest BCUT2D eigenvalue weighted by molar-refractivity contribution is 6.60. The number of nitro groups is 1. The first-order valence-electron chi connectivity index (χ1n) is 4.95. The van der Waals surface area contributed by atoms with E-state index in [4.69, 9.17) is 46.4 Å². The van der Waals surface area contributed by atoms with E-state index in [0.717, 1.165) is 19.3 Å². The second-order valence-corrected chi connectivity index (χ2v) is 5.20. The van der Waals surface area contributed by atoms with E-state index in [1.165, 1.54) is 0 Å². The van der Waals surface area contributed by atoms with E-state index in [1.807, 2.05) is 0 Å². The lowest BCUT2D eigenvalue weighted by Gasteiger charge is -2.29. The summed E-state index contributed by atoms with van der Waals surface area (Å²) in [7, 11) is 0. The average Bonchev–Trinajstić information content (AvgIpc) is 2.30. The zero-order valence-electron chi connectivity index (χ0n) is 8.76. The Kier molecular flexibility index (Phi) is 5.86. The summed E-state index contributed by atoms with van der Waals surface area (Å²) in [5.74, 6) is 0. The molecule has 1 aliphatic rings. The van der Waals surface area contributed by atoms with Gasteiger partial charge in [-0.2, -0.15) is 0 Å². The molecule has 1 fully saturated rings. The van der Waals surface area contributed by atoms with Gasteiger partial charge in [-0.05, 0) is 30.9 Å². The Hall–Kier alpha value is -0.160. The molecule has 0 bridgehead atoms. The maximum atomic E-state index is 10.7. The van der Waals surface area contributed by atoms with Crippen molar-refractivity contribution in [2.75, 3.05) is 13.1 Å². The fraction of sp³-hybridized carbons (Fsp3) is 0.556. The van der Waals surface area contributed by atoms with Crippen LogP contribution in [-0.4, -0.2) is 22.9 Å². The quantitative estimate of drug-likeness (QED) is 0.341. The first-order valence-corrected chi connectivity index (χ1v) is 6.46. The number of halogens is 4. The molecule has 1 saturated heterocycles. The van der Waals surface area contributed by atoms with E-state index in [1.54, 1.807) is 4.90 Å². The SMILES string of the molecule is O=[N+]([O-])/C(Cl)=C(/C(Cl)=C(Cl)Cl)N1CCCCC1. The molecule has 0 radical (unpaired) electrons. The summed E-state index contributed by atoms with van der Waals surface area (Å²) in [4.78, 5) is 11.8. The molecule has 0 aromatic carbocycles. The molecule has 1 heterocycles. The van der Waals surface area contributed by atoms with Gasteiger partial charge in [0.2, 0.25) is 0 Å². The van der Waals surface area contributed by atoms with Crippen LogP contribution in [0.2, 0.25) is 0 Å². The molecule has 1 rings (SSSR count). The van der Waals surface area contributed by atoms with Crippen molar-refractivity contribution in [3.8, 4) is 0 Å². The van der Waals surface area contributed by atoms with Gasteiger partial charge in [0.25, 0.3) is 0 Å². The first-order chi connectivity index (χ1) is 7.95. The van der Waals surface area contributed by atoms with Crippen LogP contribution in [0, 0.1) is 10.1 Å². The number of piperidine rings is 1. The summed E-state index contributed by atoms with van der Waals surface area (Å²) in [6.07, 6.45) is 2.93. The van der Waals surface area contributed by atoms with Crippen LogP contribution in [0.25, 0.3) is 0 Å². The zero-order valence-corrected chi connectivity index (χ0v) is 11.8. The molecular formula is C9H10Cl4N2O2. The Morgan fingerprint density at radius 2 is 1.59 bits per heavy atom. The van der Waals surface area contributed by atoms with Gasteiger partial charge in [0, 0.05) is 13.1 Å². The van der Waals surface area contributed by atoms with Gasteiger partial charge in [0.15, 0.2) is 0 Å². The van der Waals surface area contributed by atoms with E-state index in [2.05, 4.69) is 0 Å². The Morgan fingerprint density at radius 3 is 2.00 bits per heavy atom. The third-order valence-corrected chi connectivity index (χ3v) is 3.66. The van der Waals surface area contributed by atoms with Crippen molar-refractivity contribution in [3.05, 3.63) is 30.5 Å². The minimum Gasteiger partial charge on any atom is -0.364 e. The number of rotatable bonds is 3. The lowest BCUT2D eigenvalue weighted by molar-refractivity contribution is -0.414. The third-order valence-electron chi connectivity index (χ3n) is 2.40. The van der Waals surface area contributed by atoms with Crippen molar-refractivity contribution in [2.24, 2.45) is 0 Å². The molecule has 0 spiro atoms. The zero-order chi connectivity index (χ0) is 13.0. The summed E-state index contributed by atoms with van der Waals surface area (Å²) in [5, 5.41) is 10.1. The number of hydrogen-bond donors (Lipinski definition) is 0. The highest BCUT2D eigenvalue weighted by atomic mass is 35.5. The van der Waals surface area contributed by atoms with Crippen LogP contribution in [0.4, 0.5) is 0 Å². The van der Waals surface area contributed by atoms with Crippen LogP contribution in [0.3, 0.4) is 0 Å². The summed E-state index contributed by atoms with van der Waals surface area (Å²) in [6.45, 7) is 1.30. The number of nitrogens with zero attached hydrogens (tertiary/aromatic N) is 2. The Morgan fingerprint density at radius 1 is 1.06 bits per heavy atom. The molecule has 1 aliphatic heterocycles. The predicted octanol–water partition coefficient (Wildman–Crippen LogP) is 4.04. The minimum absolute atomic E-state index is 0.0862. The largest absolute Gasteiger partial charge is 0.364 e. The van der Waals surface area contributed by atoms with Crippen molar-refractivity contribution in [1.29, 1.82) is 0 Å². The molecular weight excluding hydrogens is 310 g/mol. The first kappa shape index (κ1) is 14.9. The molecule has 0 aliphatic carbocycles. The minimum atomic E-state index is -0.704. The number of hydrogen-bond acceptors (Lipinski definition) is 3. The molecule has 96 valence electrons. The van der Waals surface area contributed by atoms with Crippen LogP contribution >= 0.6 is 46.4 Å². The fourth-order valence-electron chi connectivity index (χ4n) is 1.65. The van der Waals surface area contributed by atoms with Crippen molar-refractivity contribution < 1.29 is 4.92 Å². The topological polar surface area (TPSA) is 46.4 Å². The molecule has 8 heteroatoms. The monoisotopic (exact) mass is 318 g/mol. The second-order valence-electron chi connectivity index (χ2n) is 3.52. The summed E-state index contributed by atoms with van der Waals surface area (Å²) in [5.41, 5.74) is 0.0954. The molecule has 4 nitrogen and oxygen atoms in total. The lowest BCUT2D eigenvalue weighted by Crippen LogP contribution is -2.30. The second kappa shape index (κ2) is 6.69. The highest BCUT2D eigenvalue weighted by Gasteiger charge is 2.27. The highest BCUT2D eigenvalue weighted by Crippen LogP contribution is 2.32. The van der Waals surface area contributed by atoms with Crippen LogP contribution in [0.15, 0.2) is 20.4 Å². The Bertz CT molecular complexity index is 371. The van der Waals surface area contributed by atoms with E-state index in [9.17, 15) is 10.1 Å². The van der Waals surface area contributed by atoms with Gasteiger partial charge in [0.1, 0.15) is 15.2 Å². The molecule has 0 aromatic rings. The van der Waals surface area contributed by atoms with E-state index in [0.29, 0.717) is 13.1 Å². The van der Waals surface area contributed by atoms with Gasteiger partial charge in [-0.15, -0.1) is 0 Å². The van der Waals surface area contributed by atoms with Gasteiger partial charge in [-0.1, -0.05) is 34.8 Å². The maximum Gasteiger partial charge on any atom is 0.362 e. The smallest absolute Gasteiger partial charge is 0.362 e. The Labute approximate surface area is 119 Å². The van der Waals surface area contributed by atoms with Crippen molar-refractivity contribution in [1.82, 2.24) is 4.90 Å². The van der Waals surface area contributed by atoms with Crippen LogP contribution < -0.4 is 0 Å². The standard InChI is InChI=1S/C9H10Cl4N2O2/c10-6(8(11)12)7(9(13)15(16)17)14-4-2-1-3-5-14/h1-5H2/b9-7-. The molecule has 0 N–H and O–H groups in total. The summed E-state index contributed by atoms with van der Waals surface area (Å²) >= 11 is 22.7. The van der Waals surface area contributed by atoms with Gasteiger partial charge in [0.05, 0.1) is 4.92 Å². The van der Waals surface area contributed by atoms with Gasteiger partial charge >= 0.3 is 5.16 Å². The maximum absolute atomic E-state index is 10.7. The van der Waals surface area contributed by atoms with Crippen molar-refractivity contribution in [2.45, 2.75) is 19.3 Å². The normalized spacial score (nSPS) is 17.5. The molecule has 0 atom stereocenters. The molecule has 0 unspecified atom stereocenters. The van der Waals surface area contributed by atoms with Crippen LogP contribution in [0.5, 0.6) is 0 Å². The van der Waals surface area contributed by atoms with E-state index >= 15 is 0 Å². The lowest BCUT2D eigenvalue weighted by atomic mass is 10.1. The van der Waals surface area contributed by atoms with E-state index < -0.39 is 10.1 Å². The summed E-state index contributed by atoms with van der Waals surface area (Å²) in [6, 6.07) is 0. The molecule has 0 saturated carbocycles. The van der Waals surface area contributed by atoms with Crippen LogP contribution in [-0.2, 0) is 0 Å². The predicted molar refractivity (Wildman–Crippen MR) is 69.9 cm³/mol. The third kappa shape index (κ3) is 3.91. The Balaban J connectivity index is 3.15. The molecule has 17 heavy (non-hydrogen) atoms. The number of likely N-dealkylation sites (tertiary alicyclic amines) is 1. The van der Waals surface area contributed by atoms with Gasteiger partial charge in [-0.3, -0.25) is 10.1 Å². The van der Waals surface area contributed by atoms with Crippen LogP contribution in [0.1, 0.15) is 19.3 Å². The van der Waals surface area contributed by atoms with E-state index in [-0.39, 0.29) is 15.2 Å². The van der Waals surface area contributed by atoms with Crippen molar-refractivity contribution in [3.63, 3.8) is 0 Å². The van der Waals surface area contributed by atoms with Gasteiger partial charge < -0.3 is 4.90 Å². The average molecular weight is 320 g/mol. The molecule has 0 amide bonds. The van der Waals surface area contributed by atoms with Crippen molar-refractivity contribution >= 4 is 46.4 Å². The molecule has 0 aromatic heterocycles. The summed E-state index contributed by atoms with van der Waals surface area (Å²) < 4.78 is -0.229.